The highest BCUT2D eigenvalue weighted by Gasteiger charge is 2.20. The van der Waals surface area contributed by atoms with Gasteiger partial charge in [-0.3, -0.25) is 14.3 Å². The molecule has 33 heavy (non-hydrogen) atoms. The largest absolute Gasteiger partial charge is 0.441 e. The van der Waals surface area contributed by atoms with Gasteiger partial charge in [-0.1, -0.05) is 61.2 Å². The molecule has 7 heteroatoms. The maximum Gasteiger partial charge on any atom is 0.312 e. The van der Waals surface area contributed by atoms with Crippen molar-refractivity contribution in [2.24, 2.45) is 0 Å². The van der Waals surface area contributed by atoms with Crippen molar-refractivity contribution in [1.82, 2.24) is 14.5 Å². The van der Waals surface area contributed by atoms with Gasteiger partial charge in [0.2, 0.25) is 0 Å². The Kier molecular flexibility index (Phi) is 7.73. The van der Waals surface area contributed by atoms with Crippen LogP contribution in [-0.4, -0.2) is 26.3 Å². The van der Waals surface area contributed by atoms with Crippen molar-refractivity contribution in [3.8, 4) is 0 Å². The standard InChI is InChI=1S/C26H27N3O2S2/c1-4-32-24-14-15-27-22(18(24)2)17-33-26-28-21-12-8-9-13-23(21)29(26)19(3)31-25(30)16-20-10-6-5-7-11-20/h5-15,19H,4,16-17H2,1-3H3. The van der Waals surface area contributed by atoms with E-state index in [-0.39, 0.29) is 12.4 Å². The average molecular weight is 478 g/mol. The fourth-order valence-corrected chi connectivity index (χ4v) is 5.58. The number of imidazole rings is 1. The van der Waals surface area contributed by atoms with E-state index in [0.717, 1.165) is 33.2 Å². The minimum atomic E-state index is -0.479. The van der Waals surface area contributed by atoms with Crippen LogP contribution in [0.4, 0.5) is 0 Å². The fourth-order valence-electron chi connectivity index (χ4n) is 3.67. The van der Waals surface area contributed by atoms with E-state index in [9.17, 15) is 4.79 Å². The molecule has 1 atom stereocenters. The van der Waals surface area contributed by atoms with Gasteiger partial charge in [0.1, 0.15) is 0 Å². The van der Waals surface area contributed by atoms with Gasteiger partial charge < -0.3 is 4.74 Å². The normalized spacial score (nSPS) is 12.1. The summed E-state index contributed by atoms with van der Waals surface area (Å²) in [5, 5.41) is 0.811. The van der Waals surface area contributed by atoms with E-state index < -0.39 is 6.23 Å². The summed E-state index contributed by atoms with van der Waals surface area (Å²) in [6.07, 6.45) is 1.63. The minimum absolute atomic E-state index is 0.241. The van der Waals surface area contributed by atoms with Crippen LogP contribution in [0.5, 0.6) is 0 Å². The Balaban J connectivity index is 1.56. The third-order valence-corrected chi connectivity index (χ3v) is 7.32. The van der Waals surface area contributed by atoms with Gasteiger partial charge in [-0.05, 0) is 48.9 Å². The highest BCUT2D eigenvalue weighted by atomic mass is 32.2. The highest BCUT2D eigenvalue weighted by Crippen LogP contribution is 2.32. The number of carbonyl (C=O) groups excluding carboxylic acids is 1. The van der Waals surface area contributed by atoms with Gasteiger partial charge in [-0.2, -0.15) is 0 Å². The van der Waals surface area contributed by atoms with Crippen LogP contribution >= 0.6 is 23.5 Å². The van der Waals surface area contributed by atoms with Gasteiger partial charge in [0.25, 0.3) is 0 Å². The summed E-state index contributed by atoms with van der Waals surface area (Å²) >= 11 is 3.44. The monoisotopic (exact) mass is 477 g/mol. The van der Waals surface area contributed by atoms with Crippen molar-refractivity contribution < 1.29 is 9.53 Å². The lowest BCUT2D eigenvalue weighted by atomic mass is 10.2. The van der Waals surface area contributed by atoms with E-state index in [1.54, 1.807) is 11.8 Å². The molecule has 2 aromatic heterocycles. The topological polar surface area (TPSA) is 57.0 Å². The summed E-state index contributed by atoms with van der Waals surface area (Å²) < 4.78 is 7.83. The molecule has 0 bridgehead atoms. The molecule has 2 aromatic carbocycles. The molecule has 0 aliphatic rings. The number of carbonyl (C=O) groups is 1. The SMILES string of the molecule is CCSc1ccnc(CSc2nc3ccccc3n2C(C)OC(=O)Cc2ccccc2)c1C. The Morgan fingerprint density at radius 1 is 1.06 bits per heavy atom. The van der Waals surface area contributed by atoms with Crippen molar-refractivity contribution >= 4 is 40.5 Å². The second-order valence-electron chi connectivity index (χ2n) is 7.61. The minimum Gasteiger partial charge on any atom is -0.441 e. The van der Waals surface area contributed by atoms with E-state index in [2.05, 4.69) is 24.9 Å². The summed E-state index contributed by atoms with van der Waals surface area (Å²) in [6, 6.07) is 19.7. The molecule has 4 aromatic rings. The van der Waals surface area contributed by atoms with Crippen molar-refractivity contribution in [3.63, 3.8) is 0 Å². The fraction of sp³-hybridized carbons (Fsp3) is 0.269. The second-order valence-corrected chi connectivity index (χ2v) is 9.86. The number of fused-ring (bicyclic) bond motifs is 1. The number of benzene rings is 2. The number of nitrogens with zero attached hydrogens (tertiary/aromatic N) is 3. The van der Waals surface area contributed by atoms with Crippen LogP contribution in [-0.2, 0) is 21.7 Å². The van der Waals surface area contributed by atoms with Gasteiger partial charge in [-0.15, -0.1) is 11.8 Å². The van der Waals surface area contributed by atoms with Gasteiger partial charge in [-0.25, -0.2) is 4.98 Å². The van der Waals surface area contributed by atoms with Crippen molar-refractivity contribution in [2.45, 2.75) is 49.2 Å². The van der Waals surface area contributed by atoms with Crippen LogP contribution in [0.2, 0.25) is 0 Å². The van der Waals surface area contributed by atoms with E-state index in [0.29, 0.717) is 5.75 Å². The van der Waals surface area contributed by atoms with Crippen LogP contribution < -0.4 is 0 Å². The van der Waals surface area contributed by atoms with Crippen LogP contribution in [0, 0.1) is 6.92 Å². The molecule has 0 amide bonds. The van der Waals surface area contributed by atoms with Crippen molar-refractivity contribution in [2.75, 3.05) is 5.75 Å². The molecule has 0 spiro atoms. The molecular formula is C26H27N3O2S2. The van der Waals surface area contributed by atoms with Crippen LogP contribution in [0.15, 0.2) is 76.9 Å². The number of thioether (sulfide) groups is 2. The number of esters is 1. The van der Waals surface area contributed by atoms with Crippen molar-refractivity contribution in [1.29, 1.82) is 0 Å². The molecule has 0 saturated carbocycles. The van der Waals surface area contributed by atoms with Crippen LogP contribution in [0.25, 0.3) is 11.0 Å². The van der Waals surface area contributed by atoms with Gasteiger partial charge in [0.05, 0.1) is 23.1 Å². The zero-order valence-electron chi connectivity index (χ0n) is 19.0. The zero-order valence-corrected chi connectivity index (χ0v) is 20.7. The first-order valence-electron chi connectivity index (χ1n) is 11.0. The van der Waals surface area contributed by atoms with Gasteiger partial charge >= 0.3 is 5.97 Å². The molecule has 0 saturated heterocycles. The van der Waals surface area contributed by atoms with Crippen molar-refractivity contribution in [3.05, 3.63) is 83.7 Å². The van der Waals surface area contributed by atoms with E-state index in [1.807, 2.05) is 84.0 Å². The number of ether oxygens (including phenoxy) is 1. The Morgan fingerprint density at radius 3 is 2.61 bits per heavy atom. The summed E-state index contributed by atoms with van der Waals surface area (Å²) in [6.45, 7) is 6.17. The van der Waals surface area contributed by atoms with E-state index in [4.69, 9.17) is 9.72 Å². The molecule has 4 rings (SSSR count). The third-order valence-electron chi connectivity index (χ3n) is 5.32. The first-order chi connectivity index (χ1) is 16.1. The number of para-hydroxylation sites is 2. The lowest BCUT2D eigenvalue weighted by Crippen LogP contribution is -2.17. The number of pyridine rings is 1. The molecule has 0 N–H and O–H groups in total. The van der Waals surface area contributed by atoms with Crippen LogP contribution in [0.3, 0.4) is 0 Å². The van der Waals surface area contributed by atoms with Gasteiger partial charge in [0, 0.05) is 16.8 Å². The Hall–Kier alpha value is -2.77. The maximum absolute atomic E-state index is 12.6. The Labute approximate surface area is 203 Å². The highest BCUT2D eigenvalue weighted by molar-refractivity contribution is 7.99. The molecular weight excluding hydrogens is 450 g/mol. The first kappa shape index (κ1) is 23.4. The molecule has 0 radical (unpaired) electrons. The molecule has 170 valence electrons. The van der Waals surface area contributed by atoms with E-state index in [1.165, 1.54) is 10.5 Å². The molecule has 2 heterocycles. The number of hydrogen-bond acceptors (Lipinski definition) is 6. The molecule has 0 fully saturated rings. The Morgan fingerprint density at radius 2 is 1.82 bits per heavy atom. The number of rotatable bonds is 9. The maximum atomic E-state index is 12.6. The Bertz CT molecular complexity index is 1240. The average Bonchev–Trinajstić information content (AvgIpc) is 3.19. The summed E-state index contributed by atoms with van der Waals surface area (Å²) in [5.41, 5.74) is 5.02. The summed E-state index contributed by atoms with van der Waals surface area (Å²) in [5.74, 6) is 1.46. The predicted molar refractivity (Wildman–Crippen MR) is 136 cm³/mol. The quantitative estimate of drug-likeness (QED) is 0.204. The first-order valence-corrected chi connectivity index (χ1v) is 12.9. The zero-order chi connectivity index (χ0) is 23.2. The number of aromatic nitrogens is 3. The molecule has 0 aliphatic carbocycles. The number of hydrogen-bond donors (Lipinski definition) is 0. The molecule has 5 nitrogen and oxygen atoms in total. The third kappa shape index (κ3) is 5.60. The smallest absolute Gasteiger partial charge is 0.312 e. The lowest BCUT2D eigenvalue weighted by Gasteiger charge is -2.18. The molecule has 0 aliphatic heterocycles. The van der Waals surface area contributed by atoms with Gasteiger partial charge in [0.15, 0.2) is 11.4 Å². The van der Waals surface area contributed by atoms with E-state index >= 15 is 0 Å². The predicted octanol–water partition coefficient (Wildman–Crippen LogP) is 6.45. The lowest BCUT2D eigenvalue weighted by molar-refractivity contribution is -0.151. The summed E-state index contributed by atoms with van der Waals surface area (Å²) in [4.78, 5) is 23.3. The second kappa shape index (κ2) is 10.9. The van der Waals surface area contributed by atoms with Crippen LogP contribution in [0.1, 0.15) is 36.9 Å². The molecule has 1 unspecified atom stereocenters. The summed E-state index contributed by atoms with van der Waals surface area (Å²) in [7, 11) is 0.